The molecule has 6 nitrogen and oxygen atoms in total. The van der Waals surface area contributed by atoms with E-state index in [0.29, 0.717) is 16.4 Å². The minimum atomic E-state index is -0.957. The van der Waals surface area contributed by atoms with Crippen molar-refractivity contribution in [2.45, 2.75) is 13.0 Å². The van der Waals surface area contributed by atoms with Gasteiger partial charge in [-0.3, -0.25) is 19.5 Å². The first-order chi connectivity index (χ1) is 15.3. The number of Topliss-reactive ketones (excluding diaryl/α,β-unsaturated/α-hetero) is 1. The van der Waals surface area contributed by atoms with E-state index in [2.05, 4.69) is 4.98 Å². The summed E-state index contributed by atoms with van der Waals surface area (Å²) in [6.07, 6.45) is 1.56. The molecule has 162 valence electrons. The van der Waals surface area contributed by atoms with Crippen molar-refractivity contribution in [3.05, 3.63) is 93.2 Å². The van der Waals surface area contributed by atoms with Crippen LogP contribution in [0.3, 0.4) is 0 Å². The summed E-state index contributed by atoms with van der Waals surface area (Å²) in [6.45, 7) is 1.80. The standard InChI is InChI=1S/C24H18Cl2N2O4/c1-13-11-16(23(32-2)17(26)12-13)21(29)19-20(18-5-3-4-10-27-18)28(24(31)22(19)30)15-8-6-14(25)7-9-15/h3-12,20,29H,1-2H3/b21-19+. The molecule has 2 aromatic carbocycles. The summed E-state index contributed by atoms with van der Waals surface area (Å²) in [5.41, 5.74) is 1.72. The number of hydrogen-bond donors (Lipinski definition) is 1. The highest BCUT2D eigenvalue weighted by molar-refractivity contribution is 6.51. The first kappa shape index (κ1) is 21.9. The third-order valence-electron chi connectivity index (χ3n) is 5.16. The second-order valence-electron chi connectivity index (χ2n) is 7.23. The van der Waals surface area contributed by atoms with Crippen LogP contribution in [0.25, 0.3) is 5.76 Å². The lowest BCUT2D eigenvalue weighted by molar-refractivity contribution is -0.132. The maximum absolute atomic E-state index is 13.2. The number of ketones is 1. The van der Waals surface area contributed by atoms with Crippen molar-refractivity contribution in [1.29, 1.82) is 0 Å². The number of aryl methyl sites for hydroxylation is 1. The first-order valence-electron chi connectivity index (χ1n) is 9.65. The topological polar surface area (TPSA) is 79.7 Å². The van der Waals surface area contributed by atoms with Crippen molar-refractivity contribution in [2.24, 2.45) is 0 Å². The van der Waals surface area contributed by atoms with Gasteiger partial charge in [0.05, 0.1) is 29.0 Å². The van der Waals surface area contributed by atoms with Crippen molar-refractivity contribution in [1.82, 2.24) is 4.98 Å². The highest BCUT2D eigenvalue weighted by Crippen LogP contribution is 2.44. The predicted octanol–water partition coefficient (Wildman–Crippen LogP) is 5.33. The van der Waals surface area contributed by atoms with Gasteiger partial charge >= 0.3 is 0 Å². The molecular formula is C24H18Cl2N2O4. The van der Waals surface area contributed by atoms with Crippen LogP contribution in [-0.2, 0) is 9.59 Å². The Labute approximate surface area is 194 Å². The van der Waals surface area contributed by atoms with Crippen LogP contribution in [0.1, 0.15) is 22.9 Å². The van der Waals surface area contributed by atoms with Gasteiger partial charge in [0.15, 0.2) is 0 Å². The Morgan fingerprint density at radius 2 is 1.81 bits per heavy atom. The Kier molecular flexibility index (Phi) is 5.91. The lowest BCUT2D eigenvalue weighted by Crippen LogP contribution is -2.29. The highest BCUT2D eigenvalue weighted by Gasteiger charge is 2.47. The van der Waals surface area contributed by atoms with E-state index in [1.807, 2.05) is 0 Å². The normalized spacial score (nSPS) is 17.6. The SMILES string of the molecule is COc1c(Cl)cc(C)cc1/C(O)=C1\C(=O)C(=O)N(c2ccc(Cl)cc2)C1c1ccccn1. The molecule has 0 bridgehead atoms. The summed E-state index contributed by atoms with van der Waals surface area (Å²) in [6, 6.07) is 14.0. The zero-order chi connectivity index (χ0) is 23.0. The molecule has 1 saturated heterocycles. The van der Waals surface area contributed by atoms with Crippen molar-refractivity contribution < 1.29 is 19.4 Å². The second kappa shape index (κ2) is 8.65. The molecule has 0 spiro atoms. The lowest BCUT2D eigenvalue weighted by Gasteiger charge is -2.24. The van der Waals surface area contributed by atoms with Gasteiger partial charge in [-0.05, 0) is 61.0 Å². The number of carbonyl (C=O) groups is 2. The fourth-order valence-electron chi connectivity index (χ4n) is 3.78. The Hall–Kier alpha value is -3.35. The van der Waals surface area contributed by atoms with Gasteiger partial charge in [-0.25, -0.2) is 0 Å². The molecule has 4 rings (SSSR count). The molecule has 1 amide bonds. The van der Waals surface area contributed by atoms with Crippen LogP contribution < -0.4 is 9.64 Å². The number of anilines is 1. The number of aromatic nitrogens is 1. The molecule has 1 aliphatic rings. The molecule has 0 aliphatic carbocycles. The van der Waals surface area contributed by atoms with Gasteiger partial charge in [0.2, 0.25) is 0 Å². The molecule has 1 aliphatic heterocycles. The lowest BCUT2D eigenvalue weighted by atomic mass is 9.97. The highest BCUT2D eigenvalue weighted by atomic mass is 35.5. The van der Waals surface area contributed by atoms with Gasteiger partial charge in [-0.15, -0.1) is 0 Å². The summed E-state index contributed by atoms with van der Waals surface area (Å²) in [5.74, 6) is -1.82. The molecule has 0 radical (unpaired) electrons. The molecule has 32 heavy (non-hydrogen) atoms. The van der Waals surface area contributed by atoms with Crippen molar-refractivity contribution in [3.8, 4) is 5.75 Å². The summed E-state index contributed by atoms with van der Waals surface area (Å²) in [5, 5.41) is 12.1. The van der Waals surface area contributed by atoms with E-state index in [9.17, 15) is 14.7 Å². The number of aliphatic hydroxyl groups is 1. The number of hydrogen-bond acceptors (Lipinski definition) is 5. The van der Waals surface area contributed by atoms with E-state index in [4.69, 9.17) is 27.9 Å². The minimum Gasteiger partial charge on any atom is -0.507 e. The van der Waals surface area contributed by atoms with Crippen molar-refractivity contribution in [2.75, 3.05) is 12.0 Å². The predicted molar refractivity (Wildman–Crippen MR) is 123 cm³/mol. The zero-order valence-electron chi connectivity index (χ0n) is 17.2. The number of rotatable bonds is 4. The Morgan fingerprint density at radius 1 is 1.09 bits per heavy atom. The van der Waals surface area contributed by atoms with Gasteiger partial charge < -0.3 is 9.84 Å². The minimum absolute atomic E-state index is 0.108. The first-order valence-corrected chi connectivity index (χ1v) is 10.4. The zero-order valence-corrected chi connectivity index (χ0v) is 18.7. The van der Waals surface area contributed by atoms with Crippen LogP contribution in [0.15, 0.2) is 66.4 Å². The Balaban J connectivity index is 1.99. The third kappa shape index (κ3) is 3.72. The van der Waals surface area contributed by atoms with Gasteiger partial charge in [0, 0.05) is 16.9 Å². The van der Waals surface area contributed by atoms with Gasteiger partial charge in [-0.1, -0.05) is 29.3 Å². The average Bonchev–Trinajstić information content (AvgIpc) is 3.04. The van der Waals surface area contributed by atoms with Gasteiger partial charge in [0.25, 0.3) is 11.7 Å². The van der Waals surface area contributed by atoms with E-state index >= 15 is 0 Å². The maximum Gasteiger partial charge on any atom is 0.300 e. The van der Waals surface area contributed by atoms with Crippen LogP contribution in [0.4, 0.5) is 5.69 Å². The number of halogens is 2. The number of pyridine rings is 1. The number of carbonyl (C=O) groups excluding carboxylic acids is 2. The van der Waals surface area contributed by atoms with Crippen molar-refractivity contribution in [3.63, 3.8) is 0 Å². The van der Waals surface area contributed by atoms with Gasteiger partial charge in [-0.2, -0.15) is 0 Å². The maximum atomic E-state index is 13.2. The number of ether oxygens (including phenoxy) is 1. The van der Waals surface area contributed by atoms with E-state index in [1.165, 1.54) is 12.0 Å². The van der Waals surface area contributed by atoms with Crippen LogP contribution in [-0.4, -0.2) is 28.9 Å². The Morgan fingerprint density at radius 3 is 2.44 bits per heavy atom. The van der Waals surface area contributed by atoms with E-state index < -0.39 is 23.5 Å². The van der Waals surface area contributed by atoms with Crippen LogP contribution >= 0.6 is 23.2 Å². The third-order valence-corrected chi connectivity index (χ3v) is 5.70. The largest absolute Gasteiger partial charge is 0.507 e. The quantitative estimate of drug-likeness (QED) is 0.317. The summed E-state index contributed by atoms with van der Waals surface area (Å²) in [7, 11) is 1.41. The smallest absolute Gasteiger partial charge is 0.300 e. The molecule has 1 unspecified atom stereocenters. The number of methoxy groups -OCH3 is 1. The number of nitrogens with zero attached hydrogens (tertiary/aromatic N) is 2. The second-order valence-corrected chi connectivity index (χ2v) is 8.07. The van der Waals surface area contributed by atoms with Crippen LogP contribution in [0, 0.1) is 6.92 Å². The molecule has 3 aromatic rings. The monoisotopic (exact) mass is 468 g/mol. The Bertz CT molecular complexity index is 1240. The molecule has 1 N–H and O–H groups in total. The number of benzene rings is 2. The molecular weight excluding hydrogens is 451 g/mol. The van der Waals surface area contributed by atoms with Gasteiger partial charge in [0.1, 0.15) is 17.6 Å². The average molecular weight is 469 g/mol. The van der Waals surface area contributed by atoms with Crippen LogP contribution in [0.2, 0.25) is 10.0 Å². The van der Waals surface area contributed by atoms with Crippen molar-refractivity contribution >= 4 is 46.3 Å². The molecule has 1 aromatic heterocycles. The molecule has 8 heteroatoms. The molecule has 2 heterocycles. The van der Waals surface area contributed by atoms with E-state index in [0.717, 1.165) is 5.56 Å². The number of aliphatic hydroxyl groups excluding tert-OH is 1. The summed E-state index contributed by atoms with van der Waals surface area (Å²) < 4.78 is 5.37. The molecule has 1 fully saturated rings. The summed E-state index contributed by atoms with van der Waals surface area (Å²) >= 11 is 12.3. The fourth-order valence-corrected chi connectivity index (χ4v) is 4.25. The fraction of sp³-hybridized carbons (Fsp3) is 0.125. The summed E-state index contributed by atoms with van der Waals surface area (Å²) in [4.78, 5) is 32.0. The van der Waals surface area contributed by atoms with Crippen LogP contribution in [0.5, 0.6) is 5.75 Å². The molecule has 0 saturated carbocycles. The molecule has 1 atom stereocenters. The van der Waals surface area contributed by atoms with E-state index in [1.54, 1.807) is 67.7 Å². The number of amides is 1. The van der Waals surface area contributed by atoms with E-state index in [-0.39, 0.29) is 21.9 Å².